The lowest BCUT2D eigenvalue weighted by Crippen LogP contribution is -1.87. The average Bonchev–Trinajstić information content (AvgIpc) is 3.06. The summed E-state index contributed by atoms with van der Waals surface area (Å²) in [5, 5.41) is 11.7. The summed E-state index contributed by atoms with van der Waals surface area (Å²) in [6.07, 6.45) is 0. The number of hydrogen-bond donors (Lipinski definition) is 1. The number of nitrogens with zero attached hydrogens (tertiary/aromatic N) is 1. The van der Waals surface area contributed by atoms with E-state index in [1.54, 1.807) is 12.1 Å². The highest BCUT2D eigenvalue weighted by Gasteiger charge is 2.16. The molecule has 3 nitrogen and oxygen atoms in total. The van der Waals surface area contributed by atoms with Crippen LogP contribution in [0, 0.1) is 0 Å². The number of phenols is 1. The van der Waals surface area contributed by atoms with Gasteiger partial charge in [-0.05, 0) is 29.3 Å². The minimum absolute atomic E-state index is 0.182. The Morgan fingerprint density at radius 3 is 2.15 bits per heavy atom. The molecular weight excluding hydrogens is 322 g/mol. The molecule has 0 amide bonds. The molecule has 124 valence electrons. The van der Waals surface area contributed by atoms with Crippen LogP contribution in [0.1, 0.15) is 0 Å². The van der Waals surface area contributed by atoms with E-state index in [4.69, 9.17) is 9.40 Å². The molecule has 26 heavy (non-hydrogen) atoms. The number of fused-ring (bicyclic) bond motifs is 3. The molecule has 0 unspecified atom stereocenters. The first-order valence-electron chi connectivity index (χ1n) is 8.47. The highest BCUT2D eigenvalue weighted by molar-refractivity contribution is 6.12. The first kappa shape index (κ1) is 14.7. The molecule has 0 spiro atoms. The zero-order valence-corrected chi connectivity index (χ0v) is 13.9. The topological polar surface area (TPSA) is 46.3 Å². The van der Waals surface area contributed by atoms with Gasteiger partial charge in [0, 0.05) is 17.0 Å². The normalized spacial score (nSPS) is 11.2. The van der Waals surface area contributed by atoms with Gasteiger partial charge in [-0.25, -0.2) is 4.98 Å². The zero-order chi connectivity index (χ0) is 17.5. The number of rotatable bonds is 2. The summed E-state index contributed by atoms with van der Waals surface area (Å²) in [7, 11) is 0. The second-order valence-electron chi connectivity index (χ2n) is 6.25. The van der Waals surface area contributed by atoms with Crippen LogP contribution >= 0.6 is 0 Å². The predicted molar refractivity (Wildman–Crippen MR) is 104 cm³/mol. The van der Waals surface area contributed by atoms with Gasteiger partial charge in [0.05, 0.1) is 11.1 Å². The van der Waals surface area contributed by atoms with Crippen LogP contribution in [0.4, 0.5) is 0 Å². The fourth-order valence-corrected chi connectivity index (χ4v) is 3.36. The summed E-state index contributed by atoms with van der Waals surface area (Å²) in [6.45, 7) is 0. The van der Waals surface area contributed by atoms with Crippen LogP contribution in [0.2, 0.25) is 0 Å². The summed E-state index contributed by atoms with van der Waals surface area (Å²) < 4.78 is 5.99. The van der Waals surface area contributed by atoms with Crippen LogP contribution in [-0.4, -0.2) is 10.1 Å². The Balaban J connectivity index is 1.90. The minimum Gasteiger partial charge on any atom is -0.508 e. The van der Waals surface area contributed by atoms with E-state index in [1.807, 2.05) is 54.6 Å². The number of pyridine rings is 1. The molecule has 1 N–H and O–H groups in total. The van der Waals surface area contributed by atoms with Crippen LogP contribution in [0.25, 0.3) is 44.5 Å². The molecule has 0 bridgehead atoms. The zero-order valence-electron chi connectivity index (χ0n) is 13.9. The van der Waals surface area contributed by atoms with E-state index >= 15 is 0 Å². The average molecular weight is 337 g/mol. The summed E-state index contributed by atoms with van der Waals surface area (Å²) in [5.41, 5.74) is 5.28. The molecule has 0 aliphatic carbocycles. The number of phenolic OH excluding ortho intramolecular Hbond substituents is 1. The van der Waals surface area contributed by atoms with Gasteiger partial charge in [-0.15, -0.1) is 0 Å². The van der Waals surface area contributed by atoms with Crippen molar-refractivity contribution in [1.82, 2.24) is 4.98 Å². The SMILES string of the molecule is Oc1ccc2c(c1)oc1nc(-c3ccccc3)cc(-c3ccccc3)c12. The fraction of sp³-hybridized carbons (Fsp3) is 0. The highest BCUT2D eigenvalue weighted by Crippen LogP contribution is 2.38. The molecule has 2 aromatic heterocycles. The Morgan fingerprint density at radius 2 is 1.42 bits per heavy atom. The van der Waals surface area contributed by atoms with E-state index in [0.29, 0.717) is 11.3 Å². The van der Waals surface area contributed by atoms with E-state index in [0.717, 1.165) is 33.2 Å². The van der Waals surface area contributed by atoms with Crippen LogP contribution in [-0.2, 0) is 0 Å². The lowest BCUT2D eigenvalue weighted by atomic mass is 9.98. The van der Waals surface area contributed by atoms with E-state index in [-0.39, 0.29) is 5.75 Å². The second-order valence-corrected chi connectivity index (χ2v) is 6.25. The molecule has 0 fully saturated rings. The van der Waals surface area contributed by atoms with Crippen molar-refractivity contribution in [1.29, 1.82) is 0 Å². The lowest BCUT2D eigenvalue weighted by molar-refractivity contribution is 0.475. The third-order valence-corrected chi connectivity index (χ3v) is 4.58. The summed E-state index contributed by atoms with van der Waals surface area (Å²) in [5.74, 6) is 0.182. The molecule has 0 atom stereocenters. The van der Waals surface area contributed by atoms with Crippen molar-refractivity contribution in [3.05, 3.63) is 84.9 Å². The Morgan fingerprint density at radius 1 is 0.731 bits per heavy atom. The number of furan rings is 1. The van der Waals surface area contributed by atoms with Gasteiger partial charge in [-0.2, -0.15) is 0 Å². The largest absolute Gasteiger partial charge is 0.508 e. The van der Waals surface area contributed by atoms with Gasteiger partial charge in [0.15, 0.2) is 0 Å². The Labute approximate surface area is 150 Å². The van der Waals surface area contributed by atoms with E-state index in [1.165, 1.54) is 0 Å². The maximum atomic E-state index is 9.79. The molecular formula is C23H15NO2. The van der Waals surface area contributed by atoms with Crippen molar-refractivity contribution in [2.24, 2.45) is 0 Å². The van der Waals surface area contributed by atoms with Crippen LogP contribution in [0.3, 0.4) is 0 Å². The lowest BCUT2D eigenvalue weighted by Gasteiger charge is -2.07. The number of aromatic hydroxyl groups is 1. The van der Waals surface area contributed by atoms with Gasteiger partial charge in [0.1, 0.15) is 11.3 Å². The molecule has 0 radical (unpaired) electrons. The van der Waals surface area contributed by atoms with E-state index in [2.05, 4.69) is 18.2 Å². The molecule has 3 heteroatoms. The van der Waals surface area contributed by atoms with Crippen molar-refractivity contribution < 1.29 is 9.52 Å². The maximum Gasteiger partial charge on any atom is 0.228 e. The smallest absolute Gasteiger partial charge is 0.228 e. The van der Waals surface area contributed by atoms with Gasteiger partial charge in [-0.3, -0.25) is 0 Å². The standard InChI is InChI=1S/C23H15NO2/c25-17-11-12-18-21(13-17)26-23-22(18)19(15-7-3-1-4-8-15)14-20(24-23)16-9-5-2-6-10-16/h1-14,25H. The first-order chi connectivity index (χ1) is 12.8. The monoisotopic (exact) mass is 337 g/mol. The van der Waals surface area contributed by atoms with Gasteiger partial charge in [0.2, 0.25) is 5.71 Å². The molecule has 3 aromatic carbocycles. The van der Waals surface area contributed by atoms with Crippen molar-refractivity contribution in [2.45, 2.75) is 0 Å². The summed E-state index contributed by atoms with van der Waals surface area (Å²) in [4.78, 5) is 4.75. The van der Waals surface area contributed by atoms with Crippen molar-refractivity contribution in [3.8, 4) is 28.1 Å². The first-order valence-corrected chi connectivity index (χ1v) is 8.47. The minimum atomic E-state index is 0.182. The molecule has 5 rings (SSSR count). The van der Waals surface area contributed by atoms with Gasteiger partial charge < -0.3 is 9.52 Å². The highest BCUT2D eigenvalue weighted by atomic mass is 16.3. The van der Waals surface area contributed by atoms with Crippen molar-refractivity contribution in [2.75, 3.05) is 0 Å². The third kappa shape index (κ3) is 2.33. The van der Waals surface area contributed by atoms with E-state index in [9.17, 15) is 5.11 Å². The number of aromatic nitrogens is 1. The second kappa shape index (κ2) is 5.74. The molecule has 0 saturated carbocycles. The molecule has 0 aliphatic heterocycles. The number of hydrogen-bond acceptors (Lipinski definition) is 3. The Hall–Kier alpha value is -3.59. The Kier molecular flexibility index (Phi) is 3.25. The van der Waals surface area contributed by atoms with E-state index < -0.39 is 0 Å². The van der Waals surface area contributed by atoms with Gasteiger partial charge in [-0.1, -0.05) is 60.7 Å². The summed E-state index contributed by atoms with van der Waals surface area (Å²) >= 11 is 0. The summed E-state index contributed by atoms with van der Waals surface area (Å²) in [6, 6.07) is 27.6. The number of benzene rings is 3. The third-order valence-electron chi connectivity index (χ3n) is 4.58. The quantitative estimate of drug-likeness (QED) is 0.428. The fourth-order valence-electron chi connectivity index (χ4n) is 3.36. The molecule has 5 aromatic rings. The van der Waals surface area contributed by atoms with Crippen LogP contribution in [0.5, 0.6) is 5.75 Å². The van der Waals surface area contributed by atoms with Crippen LogP contribution in [0.15, 0.2) is 89.3 Å². The van der Waals surface area contributed by atoms with Crippen molar-refractivity contribution >= 4 is 22.1 Å². The Bertz CT molecular complexity index is 1230. The predicted octanol–water partition coefficient (Wildman–Crippen LogP) is 6.02. The van der Waals surface area contributed by atoms with Gasteiger partial charge >= 0.3 is 0 Å². The maximum absolute atomic E-state index is 9.79. The molecule has 2 heterocycles. The molecule has 0 aliphatic rings. The van der Waals surface area contributed by atoms with Gasteiger partial charge in [0.25, 0.3) is 0 Å². The molecule has 0 saturated heterocycles. The van der Waals surface area contributed by atoms with Crippen LogP contribution < -0.4 is 0 Å². The van der Waals surface area contributed by atoms with Crippen molar-refractivity contribution in [3.63, 3.8) is 0 Å².